The third-order valence-electron chi connectivity index (χ3n) is 5.50. The van der Waals surface area contributed by atoms with Gasteiger partial charge in [-0.2, -0.15) is 0 Å². The minimum atomic E-state index is -3.91. The average molecular weight is 495 g/mol. The zero-order valence-corrected chi connectivity index (χ0v) is 20.1. The molecule has 0 bridgehead atoms. The molecule has 1 saturated carbocycles. The van der Waals surface area contributed by atoms with Gasteiger partial charge in [-0.25, -0.2) is 13.1 Å². The topological polar surface area (TPSA) is 102 Å². The molecule has 1 amide bonds. The van der Waals surface area contributed by atoms with Crippen molar-refractivity contribution >= 4 is 33.5 Å². The number of carbonyl (C=O) groups is 2. The molecule has 8 nitrogen and oxygen atoms in total. The predicted octanol–water partition coefficient (Wildman–Crippen LogP) is 3.38. The maximum atomic E-state index is 13.3. The van der Waals surface area contributed by atoms with Crippen LogP contribution in [-0.2, 0) is 26.1 Å². The molecule has 1 aliphatic rings. The number of halogens is 1. The van der Waals surface area contributed by atoms with Gasteiger partial charge in [-0.3, -0.25) is 9.59 Å². The number of esters is 1. The van der Waals surface area contributed by atoms with Gasteiger partial charge in [0.25, 0.3) is 5.91 Å². The van der Waals surface area contributed by atoms with Gasteiger partial charge < -0.3 is 14.4 Å². The van der Waals surface area contributed by atoms with E-state index in [9.17, 15) is 18.0 Å². The summed E-state index contributed by atoms with van der Waals surface area (Å²) in [5, 5.41) is 0.546. The lowest BCUT2D eigenvalue weighted by Gasteiger charge is -2.22. The molecular weight excluding hydrogens is 468 g/mol. The Morgan fingerprint density at radius 2 is 1.76 bits per heavy atom. The smallest absolute Gasteiger partial charge is 0.325 e. The molecule has 0 heterocycles. The van der Waals surface area contributed by atoms with Crippen LogP contribution < -0.4 is 9.46 Å². The van der Waals surface area contributed by atoms with Crippen molar-refractivity contribution in [2.75, 3.05) is 20.8 Å². The molecule has 0 unspecified atom stereocenters. The number of rotatable bonds is 9. The highest BCUT2D eigenvalue weighted by molar-refractivity contribution is 7.89. The third kappa shape index (κ3) is 6.46. The molecule has 0 aliphatic heterocycles. The van der Waals surface area contributed by atoms with Crippen LogP contribution >= 0.6 is 11.6 Å². The highest BCUT2D eigenvalue weighted by Crippen LogP contribution is 2.28. The first-order valence-electron chi connectivity index (χ1n) is 10.5. The fourth-order valence-electron chi connectivity index (χ4n) is 3.76. The minimum absolute atomic E-state index is 0.111. The largest absolute Gasteiger partial charge is 0.495 e. The molecule has 0 radical (unpaired) electrons. The molecule has 1 N–H and O–H groups in total. The van der Waals surface area contributed by atoms with E-state index in [0.29, 0.717) is 5.02 Å². The van der Waals surface area contributed by atoms with E-state index in [0.717, 1.165) is 31.2 Å². The number of nitrogens with zero attached hydrogens (tertiary/aromatic N) is 1. The Morgan fingerprint density at radius 1 is 1.09 bits per heavy atom. The van der Waals surface area contributed by atoms with Crippen LogP contribution in [0.3, 0.4) is 0 Å². The van der Waals surface area contributed by atoms with E-state index in [-0.39, 0.29) is 35.3 Å². The molecule has 10 heteroatoms. The van der Waals surface area contributed by atoms with Gasteiger partial charge >= 0.3 is 5.97 Å². The molecule has 0 aromatic heterocycles. The van der Waals surface area contributed by atoms with Crippen molar-refractivity contribution in [3.05, 3.63) is 58.6 Å². The molecule has 0 atom stereocenters. The number of sulfonamides is 1. The summed E-state index contributed by atoms with van der Waals surface area (Å²) < 4.78 is 38.8. The van der Waals surface area contributed by atoms with E-state index >= 15 is 0 Å². The molecule has 3 rings (SSSR count). The van der Waals surface area contributed by atoms with Gasteiger partial charge in [0.15, 0.2) is 0 Å². The Hall–Kier alpha value is -2.62. The van der Waals surface area contributed by atoms with E-state index in [1.54, 1.807) is 24.3 Å². The SMILES string of the molecule is COC(=O)CN(Cc1ccc(Cl)cc1)C(=O)c1ccc(OC)c(S(=O)(=O)NC2CCCC2)c1. The fraction of sp³-hybridized carbons (Fsp3) is 0.391. The summed E-state index contributed by atoms with van der Waals surface area (Å²) in [7, 11) is -1.30. The summed E-state index contributed by atoms with van der Waals surface area (Å²) in [6, 6.07) is 10.9. The zero-order chi connectivity index (χ0) is 24.0. The van der Waals surface area contributed by atoms with Crippen molar-refractivity contribution in [3.8, 4) is 5.75 Å². The van der Waals surface area contributed by atoms with Crippen molar-refractivity contribution in [1.29, 1.82) is 0 Å². The molecule has 178 valence electrons. The Bertz CT molecular complexity index is 1100. The van der Waals surface area contributed by atoms with Crippen LogP contribution in [-0.4, -0.2) is 52.0 Å². The monoisotopic (exact) mass is 494 g/mol. The van der Waals surface area contributed by atoms with Gasteiger partial charge in [-0.1, -0.05) is 36.6 Å². The van der Waals surface area contributed by atoms with Crippen LogP contribution in [0.25, 0.3) is 0 Å². The maximum Gasteiger partial charge on any atom is 0.325 e. The summed E-state index contributed by atoms with van der Waals surface area (Å²) in [6.45, 7) is -0.189. The highest BCUT2D eigenvalue weighted by Gasteiger charge is 2.28. The lowest BCUT2D eigenvalue weighted by atomic mass is 10.1. The summed E-state index contributed by atoms with van der Waals surface area (Å²) in [6.07, 6.45) is 3.48. The van der Waals surface area contributed by atoms with Crippen molar-refractivity contribution in [2.24, 2.45) is 0 Å². The van der Waals surface area contributed by atoms with E-state index in [4.69, 9.17) is 21.1 Å². The maximum absolute atomic E-state index is 13.3. The zero-order valence-electron chi connectivity index (χ0n) is 18.5. The quantitative estimate of drug-likeness (QED) is 0.536. The molecule has 1 fully saturated rings. The number of methoxy groups -OCH3 is 2. The lowest BCUT2D eigenvalue weighted by Crippen LogP contribution is -2.36. The molecule has 33 heavy (non-hydrogen) atoms. The van der Waals surface area contributed by atoms with Gasteiger partial charge in [0.2, 0.25) is 10.0 Å². The van der Waals surface area contributed by atoms with Crippen molar-refractivity contribution in [2.45, 2.75) is 43.2 Å². The Kier molecular flexibility index (Phi) is 8.34. The van der Waals surface area contributed by atoms with Gasteiger partial charge in [0, 0.05) is 23.2 Å². The van der Waals surface area contributed by atoms with Crippen LogP contribution in [0.5, 0.6) is 5.75 Å². The Labute approximate surface area is 198 Å². The van der Waals surface area contributed by atoms with Crippen molar-refractivity contribution in [3.63, 3.8) is 0 Å². The number of ether oxygens (including phenoxy) is 2. The molecule has 0 saturated heterocycles. The van der Waals surface area contributed by atoms with Crippen LogP contribution in [0, 0.1) is 0 Å². The van der Waals surface area contributed by atoms with Crippen LogP contribution in [0.15, 0.2) is 47.4 Å². The highest BCUT2D eigenvalue weighted by atomic mass is 35.5. The van der Waals surface area contributed by atoms with Gasteiger partial charge in [-0.05, 0) is 48.7 Å². The number of hydrogen-bond acceptors (Lipinski definition) is 6. The normalized spacial score (nSPS) is 14.2. The summed E-state index contributed by atoms with van der Waals surface area (Å²) in [5.41, 5.74) is 0.862. The van der Waals surface area contributed by atoms with Crippen LogP contribution in [0.2, 0.25) is 5.02 Å². The van der Waals surface area contributed by atoms with Crippen LogP contribution in [0.4, 0.5) is 0 Å². The van der Waals surface area contributed by atoms with E-state index in [1.807, 2.05) is 0 Å². The van der Waals surface area contributed by atoms with Gasteiger partial charge in [0.1, 0.15) is 17.2 Å². The molecule has 2 aromatic rings. The van der Waals surface area contributed by atoms with Gasteiger partial charge in [0.05, 0.1) is 14.2 Å². The minimum Gasteiger partial charge on any atom is -0.495 e. The molecule has 2 aromatic carbocycles. The number of benzene rings is 2. The van der Waals surface area contributed by atoms with Crippen molar-refractivity contribution < 1.29 is 27.5 Å². The second-order valence-electron chi connectivity index (χ2n) is 7.83. The predicted molar refractivity (Wildman–Crippen MR) is 124 cm³/mol. The number of hydrogen-bond donors (Lipinski definition) is 1. The summed E-state index contributed by atoms with van der Waals surface area (Å²) in [4.78, 5) is 26.5. The number of carbonyl (C=O) groups excluding carboxylic acids is 2. The van der Waals surface area contributed by atoms with Gasteiger partial charge in [-0.15, -0.1) is 0 Å². The lowest BCUT2D eigenvalue weighted by molar-refractivity contribution is -0.141. The second kappa shape index (κ2) is 11.0. The van der Waals surface area contributed by atoms with E-state index in [2.05, 4.69) is 4.72 Å². The summed E-state index contributed by atoms with van der Waals surface area (Å²) >= 11 is 5.93. The number of amides is 1. The average Bonchev–Trinajstić information content (AvgIpc) is 3.31. The first-order valence-corrected chi connectivity index (χ1v) is 12.4. The summed E-state index contributed by atoms with van der Waals surface area (Å²) in [5.74, 6) is -0.980. The Morgan fingerprint density at radius 3 is 2.36 bits per heavy atom. The first kappa shape index (κ1) is 25.0. The van der Waals surface area contributed by atoms with Crippen LogP contribution in [0.1, 0.15) is 41.6 Å². The molecule has 1 aliphatic carbocycles. The Balaban J connectivity index is 1.92. The first-order chi connectivity index (χ1) is 15.7. The fourth-order valence-corrected chi connectivity index (χ4v) is 5.38. The number of nitrogens with one attached hydrogen (secondary N) is 1. The van der Waals surface area contributed by atoms with Crippen molar-refractivity contribution in [1.82, 2.24) is 9.62 Å². The molecule has 0 spiro atoms. The standard InChI is InChI=1S/C23H27ClN2O6S/c1-31-20-12-9-17(13-21(20)33(29,30)25-19-5-3-4-6-19)23(28)26(15-22(27)32-2)14-16-7-10-18(24)11-8-16/h7-13,19,25H,3-6,14-15H2,1-2H3. The van der Waals surface area contributed by atoms with E-state index < -0.39 is 21.9 Å². The van der Waals surface area contributed by atoms with E-state index in [1.165, 1.54) is 37.3 Å². The molecular formula is C23H27ClN2O6S. The third-order valence-corrected chi connectivity index (χ3v) is 7.29. The second-order valence-corrected chi connectivity index (χ2v) is 9.95.